The van der Waals surface area contributed by atoms with Gasteiger partial charge in [-0.15, -0.1) is 5.10 Å². The Bertz CT molecular complexity index is 684. The summed E-state index contributed by atoms with van der Waals surface area (Å²) < 4.78 is 11.1. The van der Waals surface area contributed by atoms with Crippen LogP contribution in [-0.2, 0) is 0 Å². The van der Waals surface area contributed by atoms with E-state index < -0.39 is 0 Å². The zero-order valence-corrected chi connectivity index (χ0v) is 13.3. The Morgan fingerprint density at radius 1 is 1.13 bits per heavy atom. The van der Waals surface area contributed by atoms with Crippen molar-refractivity contribution >= 4 is 12.1 Å². The molecule has 23 heavy (non-hydrogen) atoms. The third-order valence-corrected chi connectivity index (χ3v) is 2.87. The molecule has 2 rings (SSSR count). The highest BCUT2D eigenvalue weighted by molar-refractivity contribution is 5.96. The molecule has 0 bridgehead atoms. The predicted octanol–water partition coefficient (Wildman–Crippen LogP) is 2.62. The summed E-state index contributed by atoms with van der Waals surface area (Å²) in [4.78, 5) is 4.11. The summed E-state index contributed by atoms with van der Waals surface area (Å²) in [5, 5.41) is 7.95. The third-order valence-electron chi connectivity index (χ3n) is 2.87. The number of nitrogens with two attached hydrogens (primary N) is 1. The predicted molar refractivity (Wildman–Crippen MR) is 91.3 cm³/mol. The van der Waals surface area contributed by atoms with Crippen LogP contribution in [0.5, 0.6) is 11.5 Å². The van der Waals surface area contributed by atoms with Crippen molar-refractivity contribution in [3.8, 4) is 11.5 Å². The third kappa shape index (κ3) is 4.81. The molecule has 0 spiro atoms. The fraction of sp³-hybridized carbons (Fsp3) is 0.235. The van der Waals surface area contributed by atoms with Gasteiger partial charge in [0.1, 0.15) is 5.69 Å². The molecule has 0 saturated carbocycles. The molecule has 0 amide bonds. The number of nitrogens with zero attached hydrogens (tertiary/aromatic N) is 3. The van der Waals surface area contributed by atoms with Crippen molar-refractivity contribution in [2.24, 2.45) is 15.9 Å². The molecule has 6 heteroatoms. The van der Waals surface area contributed by atoms with E-state index in [4.69, 9.17) is 15.2 Å². The van der Waals surface area contributed by atoms with Crippen molar-refractivity contribution in [2.75, 3.05) is 13.2 Å². The Balaban J connectivity index is 2.14. The van der Waals surface area contributed by atoms with Gasteiger partial charge in [-0.3, -0.25) is 4.98 Å². The molecule has 0 aliphatic rings. The van der Waals surface area contributed by atoms with E-state index in [2.05, 4.69) is 15.2 Å². The van der Waals surface area contributed by atoms with Crippen molar-refractivity contribution < 1.29 is 9.47 Å². The van der Waals surface area contributed by atoms with Crippen molar-refractivity contribution in [1.29, 1.82) is 0 Å². The minimum Gasteiger partial charge on any atom is -0.490 e. The SMILES string of the molecule is CCOc1ccc(/C=N\N=C(\N)c2ccccn2)cc1OCC. The summed E-state index contributed by atoms with van der Waals surface area (Å²) in [6.07, 6.45) is 3.26. The van der Waals surface area contributed by atoms with Gasteiger partial charge in [0.25, 0.3) is 0 Å². The lowest BCUT2D eigenvalue weighted by molar-refractivity contribution is 0.288. The van der Waals surface area contributed by atoms with E-state index in [1.165, 1.54) is 0 Å². The van der Waals surface area contributed by atoms with Crippen LogP contribution in [-0.4, -0.2) is 30.2 Å². The summed E-state index contributed by atoms with van der Waals surface area (Å²) in [7, 11) is 0. The number of ether oxygens (including phenoxy) is 2. The minimum absolute atomic E-state index is 0.262. The zero-order chi connectivity index (χ0) is 16.5. The van der Waals surface area contributed by atoms with Gasteiger partial charge in [-0.05, 0) is 49.7 Å². The molecule has 1 aromatic heterocycles. The lowest BCUT2D eigenvalue weighted by atomic mass is 10.2. The summed E-state index contributed by atoms with van der Waals surface area (Å²) in [5.41, 5.74) is 7.26. The first-order valence-corrected chi connectivity index (χ1v) is 7.42. The van der Waals surface area contributed by atoms with E-state index in [9.17, 15) is 0 Å². The van der Waals surface area contributed by atoms with Gasteiger partial charge < -0.3 is 15.2 Å². The van der Waals surface area contributed by atoms with Crippen LogP contribution in [0.4, 0.5) is 0 Å². The van der Waals surface area contributed by atoms with Gasteiger partial charge in [0.15, 0.2) is 17.3 Å². The fourth-order valence-corrected chi connectivity index (χ4v) is 1.87. The van der Waals surface area contributed by atoms with Crippen LogP contribution in [0.25, 0.3) is 0 Å². The molecular weight excluding hydrogens is 292 g/mol. The highest BCUT2D eigenvalue weighted by Crippen LogP contribution is 2.27. The van der Waals surface area contributed by atoms with Crippen molar-refractivity contribution in [3.63, 3.8) is 0 Å². The topological polar surface area (TPSA) is 82.1 Å². The van der Waals surface area contributed by atoms with Gasteiger partial charge >= 0.3 is 0 Å². The molecule has 0 fully saturated rings. The van der Waals surface area contributed by atoms with Crippen LogP contribution >= 0.6 is 0 Å². The van der Waals surface area contributed by atoms with E-state index in [0.717, 1.165) is 5.56 Å². The maximum absolute atomic E-state index is 5.83. The van der Waals surface area contributed by atoms with Crippen LogP contribution in [0.15, 0.2) is 52.8 Å². The van der Waals surface area contributed by atoms with Crippen LogP contribution in [0.3, 0.4) is 0 Å². The summed E-state index contributed by atoms with van der Waals surface area (Å²) in [6.45, 7) is 5.00. The largest absolute Gasteiger partial charge is 0.490 e. The molecule has 0 saturated heterocycles. The smallest absolute Gasteiger partial charge is 0.171 e. The van der Waals surface area contributed by atoms with Crippen molar-refractivity contribution in [3.05, 3.63) is 53.9 Å². The molecule has 0 unspecified atom stereocenters. The van der Waals surface area contributed by atoms with Gasteiger partial charge in [0.05, 0.1) is 19.4 Å². The second-order valence-electron chi connectivity index (χ2n) is 4.52. The van der Waals surface area contributed by atoms with Crippen molar-refractivity contribution in [1.82, 2.24) is 4.98 Å². The molecule has 0 atom stereocenters. The van der Waals surface area contributed by atoms with Gasteiger partial charge in [-0.2, -0.15) is 5.10 Å². The lowest BCUT2D eigenvalue weighted by Crippen LogP contribution is -2.14. The Labute approximate surface area is 135 Å². The Kier molecular flexibility index (Phi) is 6.11. The van der Waals surface area contributed by atoms with Gasteiger partial charge in [-0.25, -0.2) is 0 Å². The molecule has 0 aliphatic carbocycles. The number of benzene rings is 1. The number of rotatable bonds is 7. The minimum atomic E-state index is 0.262. The van der Waals surface area contributed by atoms with E-state index in [0.29, 0.717) is 30.4 Å². The summed E-state index contributed by atoms with van der Waals surface area (Å²) in [5.74, 6) is 1.65. The van der Waals surface area contributed by atoms with E-state index in [1.807, 2.05) is 44.2 Å². The maximum Gasteiger partial charge on any atom is 0.171 e. The Morgan fingerprint density at radius 2 is 1.91 bits per heavy atom. The zero-order valence-electron chi connectivity index (χ0n) is 13.3. The number of hydrogen-bond acceptors (Lipinski definition) is 5. The molecule has 0 radical (unpaired) electrons. The van der Waals surface area contributed by atoms with Gasteiger partial charge in [-0.1, -0.05) is 6.07 Å². The van der Waals surface area contributed by atoms with Gasteiger partial charge in [0.2, 0.25) is 0 Å². The quantitative estimate of drug-likeness (QED) is 0.484. The number of amidine groups is 1. The first-order valence-electron chi connectivity index (χ1n) is 7.42. The molecule has 0 aliphatic heterocycles. The normalized spacial score (nSPS) is 11.7. The van der Waals surface area contributed by atoms with Gasteiger partial charge in [0, 0.05) is 6.20 Å². The summed E-state index contributed by atoms with van der Waals surface area (Å²) >= 11 is 0. The molecule has 2 aromatic rings. The molecule has 1 aromatic carbocycles. The monoisotopic (exact) mass is 312 g/mol. The average Bonchev–Trinajstić information content (AvgIpc) is 2.58. The maximum atomic E-state index is 5.83. The first kappa shape index (κ1) is 16.5. The van der Waals surface area contributed by atoms with E-state index in [-0.39, 0.29) is 5.84 Å². The second-order valence-corrected chi connectivity index (χ2v) is 4.52. The van der Waals surface area contributed by atoms with Crippen LogP contribution < -0.4 is 15.2 Å². The molecular formula is C17H20N4O2. The number of aromatic nitrogens is 1. The van der Waals surface area contributed by atoms with E-state index in [1.54, 1.807) is 18.5 Å². The van der Waals surface area contributed by atoms with E-state index >= 15 is 0 Å². The standard InChI is InChI=1S/C17H20N4O2/c1-3-22-15-9-8-13(11-16(15)23-4-2)12-20-21-17(18)14-7-5-6-10-19-14/h5-12H,3-4H2,1-2H3,(H2,18,21)/b20-12-. The average molecular weight is 312 g/mol. The number of pyridine rings is 1. The Hall–Kier alpha value is -2.89. The van der Waals surface area contributed by atoms with Crippen molar-refractivity contribution in [2.45, 2.75) is 13.8 Å². The highest BCUT2D eigenvalue weighted by Gasteiger charge is 2.05. The first-order chi connectivity index (χ1) is 11.2. The second kappa shape index (κ2) is 8.53. The molecule has 2 N–H and O–H groups in total. The Morgan fingerprint density at radius 3 is 2.61 bits per heavy atom. The van der Waals surface area contributed by atoms with Crippen LogP contribution in [0.2, 0.25) is 0 Å². The van der Waals surface area contributed by atoms with Crippen LogP contribution in [0.1, 0.15) is 25.1 Å². The van der Waals surface area contributed by atoms with Crippen LogP contribution in [0, 0.1) is 0 Å². The molecule has 1 heterocycles. The number of hydrogen-bond donors (Lipinski definition) is 1. The fourth-order valence-electron chi connectivity index (χ4n) is 1.87. The lowest BCUT2D eigenvalue weighted by Gasteiger charge is -2.10. The summed E-state index contributed by atoms with van der Waals surface area (Å²) in [6, 6.07) is 11.0. The molecule has 120 valence electrons. The highest BCUT2D eigenvalue weighted by atomic mass is 16.5. The molecule has 6 nitrogen and oxygen atoms in total.